The molecule has 1 saturated carbocycles. The molecule has 0 atom stereocenters. The molecule has 31 heavy (non-hydrogen) atoms. The van der Waals surface area contributed by atoms with Gasteiger partial charge in [0.05, 0.1) is 27.6 Å². The normalized spacial score (nSPS) is 14.1. The maximum absolute atomic E-state index is 13.1. The molecule has 0 N–H and O–H groups in total. The van der Waals surface area contributed by atoms with Crippen LogP contribution in [0.1, 0.15) is 24.7 Å². The Labute approximate surface area is 180 Å². The van der Waals surface area contributed by atoms with Crippen LogP contribution >= 0.6 is 11.8 Å². The maximum Gasteiger partial charge on any atom is 0.262 e. The number of fused-ring (bicyclic) bond motifs is 4. The number of hydrogen-bond donors (Lipinski definition) is 0. The first-order valence-electron chi connectivity index (χ1n) is 10.1. The molecule has 0 unspecified atom stereocenters. The van der Waals surface area contributed by atoms with E-state index in [0.717, 1.165) is 18.4 Å². The van der Waals surface area contributed by atoms with Crippen molar-refractivity contribution in [2.75, 3.05) is 0 Å². The lowest BCUT2D eigenvalue weighted by Gasteiger charge is -2.12. The molecule has 0 spiro atoms. The van der Waals surface area contributed by atoms with E-state index >= 15 is 0 Å². The van der Waals surface area contributed by atoms with E-state index in [4.69, 9.17) is 4.98 Å². The van der Waals surface area contributed by atoms with Crippen molar-refractivity contribution in [3.63, 3.8) is 0 Å². The first-order valence-corrected chi connectivity index (χ1v) is 11.1. The second kappa shape index (κ2) is 6.78. The van der Waals surface area contributed by atoms with Crippen LogP contribution in [0, 0.1) is 0 Å². The Morgan fingerprint density at radius 3 is 2.52 bits per heavy atom. The zero-order chi connectivity index (χ0) is 21.1. The predicted molar refractivity (Wildman–Crippen MR) is 120 cm³/mol. The molecule has 8 nitrogen and oxygen atoms in total. The number of aryl methyl sites for hydroxylation is 1. The van der Waals surface area contributed by atoms with Crippen LogP contribution in [0.3, 0.4) is 0 Å². The maximum atomic E-state index is 13.1. The van der Waals surface area contributed by atoms with Crippen LogP contribution in [-0.4, -0.2) is 28.7 Å². The van der Waals surface area contributed by atoms with Gasteiger partial charge in [-0.1, -0.05) is 36.0 Å². The van der Waals surface area contributed by atoms with Gasteiger partial charge in [-0.3, -0.25) is 23.1 Å². The van der Waals surface area contributed by atoms with Crippen LogP contribution in [0.4, 0.5) is 0 Å². The van der Waals surface area contributed by atoms with E-state index < -0.39 is 0 Å². The Kier molecular flexibility index (Phi) is 4.01. The Morgan fingerprint density at radius 2 is 1.71 bits per heavy atom. The number of para-hydroxylation sites is 2. The van der Waals surface area contributed by atoms with E-state index in [2.05, 4.69) is 10.2 Å². The molecule has 1 aliphatic carbocycles. The van der Waals surface area contributed by atoms with Gasteiger partial charge in [0.2, 0.25) is 5.78 Å². The van der Waals surface area contributed by atoms with Gasteiger partial charge in [-0.05, 0) is 37.1 Å². The molecule has 0 saturated heterocycles. The predicted octanol–water partition coefficient (Wildman–Crippen LogP) is 2.92. The molecular formula is C22H18N6O2S. The van der Waals surface area contributed by atoms with Gasteiger partial charge in [0.1, 0.15) is 5.82 Å². The lowest BCUT2D eigenvalue weighted by Crippen LogP contribution is -2.22. The molecule has 154 valence electrons. The number of thioether (sulfide) groups is 1. The quantitative estimate of drug-likeness (QED) is 0.322. The lowest BCUT2D eigenvalue weighted by molar-refractivity contribution is 0.617. The fourth-order valence-electron chi connectivity index (χ4n) is 4.00. The second-order valence-corrected chi connectivity index (χ2v) is 8.68. The van der Waals surface area contributed by atoms with Crippen molar-refractivity contribution in [1.29, 1.82) is 0 Å². The van der Waals surface area contributed by atoms with E-state index in [1.165, 1.54) is 16.3 Å². The van der Waals surface area contributed by atoms with E-state index in [9.17, 15) is 9.59 Å². The summed E-state index contributed by atoms with van der Waals surface area (Å²) in [5.74, 6) is 1.67. The van der Waals surface area contributed by atoms with Crippen LogP contribution in [0.15, 0.2) is 63.3 Å². The summed E-state index contributed by atoms with van der Waals surface area (Å²) in [5, 5.41) is 10.6. The van der Waals surface area contributed by atoms with Crippen molar-refractivity contribution in [3.05, 3.63) is 75.1 Å². The zero-order valence-electron chi connectivity index (χ0n) is 16.7. The number of benzene rings is 2. The third-order valence-electron chi connectivity index (χ3n) is 5.71. The summed E-state index contributed by atoms with van der Waals surface area (Å²) >= 11 is 1.48. The van der Waals surface area contributed by atoms with Gasteiger partial charge in [-0.2, -0.15) is 0 Å². The summed E-state index contributed by atoms with van der Waals surface area (Å²) < 4.78 is 5.24. The summed E-state index contributed by atoms with van der Waals surface area (Å²) in [6.07, 6.45) is 1.99. The summed E-state index contributed by atoms with van der Waals surface area (Å²) in [4.78, 5) is 30.5. The molecule has 0 radical (unpaired) electrons. The standard InChI is InChI=1S/C22H18N6O2S/c1-26-19(29)15-7-3-5-9-17(15)28-18(24-25-21(26)28)12-31-22-23-16-8-4-2-6-14(16)20(30)27(22)13-10-11-13/h2-9,13H,10-12H2,1H3. The van der Waals surface area contributed by atoms with Crippen LogP contribution in [-0.2, 0) is 12.8 Å². The lowest BCUT2D eigenvalue weighted by atomic mass is 10.2. The minimum absolute atomic E-state index is 0.00884. The van der Waals surface area contributed by atoms with Gasteiger partial charge in [-0.25, -0.2) is 4.98 Å². The van der Waals surface area contributed by atoms with Gasteiger partial charge in [-0.15, -0.1) is 10.2 Å². The van der Waals surface area contributed by atoms with Gasteiger partial charge >= 0.3 is 0 Å². The molecule has 9 heteroatoms. The topological polar surface area (TPSA) is 87.1 Å². The second-order valence-electron chi connectivity index (χ2n) is 7.74. The molecule has 0 amide bonds. The van der Waals surface area contributed by atoms with Crippen LogP contribution in [0.5, 0.6) is 0 Å². The molecule has 1 aliphatic rings. The van der Waals surface area contributed by atoms with Crippen LogP contribution < -0.4 is 11.1 Å². The van der Waals surface area contributed by atoms with E-state index in [0.29, 0.717) is 38.8 Å². The summed E-state index contributed by atoms with van der Waals surface area (Å²) in [6.45, 7) is 0. The minimum Gasteiger partial charge on any atom is -0.284 e. The van der Waals surface area contributed by atoms with Gasteiger partial charge in [0.25, 0.3) is 11.1 Å². The largest absolute Gasteiger partial charge is 0.284 e. The summed E-state index contributed by atoms with van der Waals surface area (Å²) in [6, 6.07) is 15.1. The Hall–Kier alpha value is -3.46. The summed E-state index contributed by atoms with van der Waals surface area (Å²) in [5.41, 5.74) is 1.38. The molecule has 1 fully saturated rings. The smallest absolute Gasteiger partial charge is 0.262 e. The van der Waals surface area contributed by atoms with Gasteiger partial charge in [0.15, 0.2) is 5.16 Å². The Balaban J connectivity index is 1.48. The van der Waals surface area contributed by atoms with E-state index in [1.54, 1.807) is 7.05 Å². The SMILES string of the molecule is Cn1c(=O)c2ccccc2n2c(CSc3nc4ccccc4c(=O)n3C3CC3)nnc12. The zero-order valence-corrected chi connectivity index (χ0v) is 17.5. The van der Waals surface area contributed by atoms with Crippen molar-refractivity contribution in [1.82, 2.24) is 28.7 Å². The van der Waals surface area contributed by atoms with Crippen molar-refractivity contribution in [2.45, 2.75) is 29.8 Å². The molecule has 3 aromatic heterocycles. The first kappa shape index (κ1) is 18.3. The Bertz CT molecular complexity index is 1610. The van der Waals surface area contributed by atoms with Crippen molar-refractivity contribution in [3.8, 4) is 0 Å². The number of hydrogen-bond acceptors (Lipinski definition) is 6. The van der Waals surface area contributed by atoms with E-state index in [1.807, 2.05) is 57.5 Å². The minimum atomic E-state index is -0.103. The Morgan fingerprint density at radius 1 is 0.968 bits per heavy atom. The highest BCUT2D eigenvalue weighted by atomic mass is 32.2. The van der Waals surface area contributed by atoms with Crippen LogP contribution in [0.2, 0.25) is 0 Å². The highest BCUT2D eigenvalue weighted by Gasteiger charge is 2.29. The average molecular weight is 430 g/mol. The fourth-order valence-corrected chi connectivity index (χ4v) is 4.98. The first-order chi connectivity index (χ1) is 15.1. The highest BCUT2D eigenvalue weighted by Crippen LogP contribution is 2.37. The number of aromatic nitrogens is 6. The molecule has 3 heterocycles. The van der Waals surface area contributed by atoms with Gasteiger partial charge in [0, 0.05) is 13.1 Å². The molecular weight excluding hydrogens is 412 g/mol. The molecule has 0 bridgehead atoms. The monoisotopic (exact) mass is 430 g/mol. The molecule has 6 rings (SSSR count). The van der Waals surface area contributed by atoms with E-state index in [-0.39, 0.29) is 17.2 Å². The fraction of sp³-hybridized carbons (Fsp3) is 0.227. The van der Waals surface area contributed by atoms with Crippen molar-refractivity contribution >= 4 is 39.3 Å². The average Bonchev–Trinajstić information content (AvgIpc) is 3.54. The third-order valence-corrected chi connectivity index (χ3v) is 6.66. The molecule has 0 aliphatic heterocycles. The van der Waals surface area contributed by atoms with Crippen molar-refractivity contribution in [2.24, 2.45) is 7.05 Å². The number of rotatable bonds is 4. The van der Waals surface area contributed by atoms with Crippen LogP contribution in [0.25, 0.3) is 27.6 Å². The third kappa shape index (κ3) is 2.80. The molecule has 5 aromatic rings. The summed E-state index contributed by atoms with van der Waals surface area (Å²) in [7, 11) is 1.70. The van der Waals surface area contributed by atoms with Crippen molar-refractivity contribution < 1.29 is 0 Å². The molecule has 2 aromatic carbocycles. The number of nitrogens with zero attached hydrogens (tertiary/aromatic N) is 6. The highest BCUT2D eigenvalue weighted by molar-refractivity contribution is 7.98. The van der Waals surface area contributed by atoms with Gasteiger partial charge < -0.3 is 0 Å².